The first-order valence-corrected chi connectivity index (χ1v) is 13.0. The van der Waals surface area contributed by atoms with Gasteiger partial charge in [0.2, 0.25) is 10.9 Å². The Morgan fingerprint density at radius 2 is 1.74 bits per heavy atom. The Kier molecular flexibility index (Phi) is 6.28. The highest BCUT2D eigenvalue weighted by Gasteiger charge is 2.30. The van der Waals surface area contributed by atoms with Crippen molar-refractivity contribution in [1.29, 1.82) is 0 Å². The Morgan fingerprint density at radius 3 is 2.37 bits per heavy atom. The van der Waals surface area contributed by atoms with Gasteiger partial charge in [-0.3, -0.25) is 0 Å². The van der Waals surface area contributed by atoms with E-state index in [-0.39, 0.29) is 0 Å². The molecule has 3 heterocycles. The van der Waals surface area contributed by atoms with Crippen molar-refractivity contribution in [2.75, 3.05) is 33.8 Å². The third-order valence-electron chi connectivity index (χ3n) is 6.45. The summed E-state index contributed by atoms with van der Waals surface area (Å²) in [5.74, 6) is 4.04. The lowest BCUT2D eigenvalue weighted by Gasteiger charge is -2.13. The van der Waals surface area contributed by atoms with Crippen LogP contribution in [0.5, 0.6) is 23.0 Å². The predicted molar refractivity (Wildman–Crippen MR) is 144 cm³/mol. The first-order chi connectivity index (χ1) is 18.6. The molecule has 0 unspecified atom stereocenters. The second kappa shape index (κ2) is 9.90. The molecule has 0 radical (unpaired) electrons. The Balaban J connectivity index is 1.29. The van der Waals surface area contributed by atoms with E-state index in [0.717, 1.165) is 51.7 Å². The smallest absolute Gasteiger partial charge is 0.210 e. The van der Waals surface area contributed by atoms with E-state index >= 15 is 0 Å². The van der Waals surface area contributed by atoms with Crippen molar-refractivity contribution in [2.45, 2.75) is 25.3 Å². The number of nitrogens with one attached hydrogen (secondary N) is 1. The number of methoxy groups -OCH3 is 4. The summed E-state index contributed by atoms with van der Waals surface area (Å²) in [5.41, 5.74) is 3.61. The van der Waals surface area contributed by atoms with Crippen LogP contribution in [0.25, 0.3) is 22.6 Å². The lowest BCUT2D eigenvalue weighted by Crippen LogP contribution is -1.98. The van der Waals surface area contributed by atoms with E-state index in [2.05, 4.69) is 20.1 Å². The molecule has 0 spiro atoms. The molecule has 10 nitrogen and oxygen atoms in total. The molecule has 11 heteroatoms. The molecule has 0 bridgehead atoms. The maximum Gasteiger partial charge on any atom is 0.210 e. The molecule has 1 aliphatic rings. The number of nitrogens with zero attached hydrogens (tertiary/aromatic N) is 4. The molecule has 0 saturated heterocycles. The van der Waals surface area contributed by atoms with Gasteiger partial charge in [0.15, 0.2) is 23.1 Å². The summed E-state index contributed by atoms with van der Waals surface area (Å²) in [4.78, 5) is 4.91. The van der Waals surface area contributed by atoms with E-state index in [0.29, 0.717) is 40.6 Å². The van der Waals surface area contributed by atoms with Crippen LogP contribution in [0, 0.1) is 0 Å². The highest BCUT2D eigenvalue weighted by molar-refractivity contribution is 7.15. The number of anilines is 2. The predicted octanol–water partition coefficient (Wildman–Crippen LogP) is 5.85. The van der Waals surface area contributed by atoms with Crippen molar-refractivity contribution in [3.05, 3.63) is 53.2 Å². The Labute approximate surface area is 223 Å². The van der Waals surface area contributed by atoms with E-state index in [4.69, 9.17) is 28.3 Å². The normalized spacial score (nSPS) is 13.1. The first-order valence-electron chi connectivity index (χ1n) is 12.1. The first kappa shape index (κ1) is 24.1. The van der Waals surface area contributed by atoms with Gasteiger partial charge in [0.25, 0.3) is 0 Å². The molecule has 5 aromatic rings. The number of fused-ring (bicyclic) bond motifs is 1. The summed E-state index contributed by atoms with van der Waals surface area (Å²) in [6, 6.07) is 12.1. The summed E-state index contributed by atoms with van der Waals surface area (Å²) < 4.78 is 30.0. The van der Waals surface area contributed by atoms with Gasteiger partial charge in [0, 0.05) is 18.5 Å². The van der Waals surface area contributed by atoms with Gasteiger partial charge in [-0.05, 0) is 48.7 Å². The highest BCUT2D eigenvalue weighted by Crippen LogP contribution is 2.44. The van der Waals surface area contributed by atoms with Gasteiger partial charge in [-0.2, -0.15) is 0 Å². The van der Waals surface area contributed by atoms with E-state index in [1.807, 2.05) is 36.4 Å². The van der Waals surface area contributed by atoms with E-state index in [9.17, 15) is 0 Å². The fourth-order valence-electron chi connectivity index (χ4n) is 4.57. The molecular formula is C27H27N5O5S. The minimum atomic E-state index is 0.421. The lowest BCUT2D eigenvalue weighted by molar-refractivity contribution is 0.324. The zero-order chi connectivity index (χ0) is 26.2. The fourth-order valence-corrected chi connectivity index (χ4v) is 5.36. The number of benzene rings is 2. The van der Waals surface area contributed by atoms with Crippen LogP contribution in [-0.2, 0) is 6.42 Å². The average molecular weight is 534 g/mol. The molecule has 1 saturated carbocycles. The zero-order valence-electron chi connectivity index (χ0n) is 21.5. The van der Waals surface area contributed by atoms with Crippen molar-refractivity contribution in [3.63, 3.8) is 0 Å². The van der Waals surface area contributed by atoms with Crippen molar-refractivity contribution in [1.82, 2.24) is 19.7 Å². The molecule has 1 fully saturated rings. The van der Waals surface area contributed by atoms with Crippen LogP contribution in [0.2, 0.25) is 0 Å². The van der Waals surface area contributed by atoms with Crippen molar-refractivity contribution in [2.24, 2.45) is 0 Å². The summed E-state index contributed by atoms with van der Waals surface area (Å²) >= 11 is 1.46. The van der Waals surface area contributed by atoms with E-state index in [1.165, 1.54) is 11.3 Å². The van der Waals surface area contributed by atoms with Crippen LogP contribution in [-0.4, -0.2) is 48.2 Å². The van der Waals surface area contributed by atoms with Gasteiger partial charge in [0.05, 0.1) is 51.4 Å². The lowest BCUT2D eigenvalue weighted by atomic mass is 10.1. The fraction of sp³-hybridized carbons (Fsp3) is 0.296. The Morgan fingerprint density at radius 1 is 0.974 bits per heavy atom. The number of furan rings is 1. The molecule has 38 heavy (non-hydrogen) atoms. The quantitative estimate of drug-likeness (QED) is 0.237. The van der Waals surface area contributed by atoms with Gasteiger partial charge < -0.3 is 33.2 Å². The number of aromatic nitrogens is 4. The molecule has 1 aliphatic carbocycles. The van der Waals surface area contributed by atoms with Crippen LogP contribution >= 0.6 is 11.3 Å². The van der Waals surface area contributed by atoms with E-state index < -0.39 is 0 Å². The number of imidazole rings is 1. The van der Waals surface area contributed by atoms with Crippen molar-refractivity contribution in [3.8, 4) is 34.6 Å². The molecule has 0 aliphatic heterocycles. The molecule has 0 atom stereocenters. The molecule has 0 amide bonds. The summed E-state index contributed by atoms with van der Waals surface area (Å²) in [6.07, 6.45) is 4.48. The van der Waals surface area contributed by atoms with Crippen LogP contribution in [0.4, 0.5) is 10.8 Å². The molecule has 2 aromatic carbocycles. The van der Waals surface area contributed by atoms with Crippen LogP contribution in [0.3, 0.4) is 0 Å². The van der Waals surface area contributed by atoms with Gasteiger partial charge in [0.1, 0.15) is 10.8 Å². The van der Waals surface area contributed by atoms with Crippen LogP contribution in [0.15, 0.2) is 47.1 Å². The monoisotopic (exact) mass is 533 g/mol. The standard InChI is InChI=1S/C27H27N5O5S/c1-33-21-14-19-17(28-26(20-6-5-9-37-20)32(19)16-7-8-16)13-18(21)29-27-31-30-24(38-27)12-15-10-22(34-2)25(36-4)23(11-15)35-3/h5-6,9-11,13-14,16H,7-8,12H2,1-4H3,(H,29,31). The Hall–Kier alpha value is -4.25. The number of hydrogen-bond acceptors (Lipinski definition) is 10. The summed E-state index contributed by atoms with van der Waals surface area (Å²) in [5, 5.41) is 13.6. The van der Waals surface area contributed by atoms with Gasteiger partial charge in [-0.15, -0.1) is 10.2 Å². The minimum absolute atomic E-state index is 0.421. The van der Waals surface area contributed by atoms with Gasteiger partial charge >= 0.3 is 0 Å². The second-order valence-electron chi connectivity index (χ2n) is 8.89. The second-order valence-corrected chi connectivity index (χ2v) is 9.95. The zero-order valence-corrected chi connectivity index (χ0v) is 22.3. The highest BCUT2D eigenvalue weighted by atomic mass is 32.1. The molecule has 6 rings (SSSR count). The molecule has 3 aromatic heterocycles. The van der Waals surface area contributed by atoms with Gasteiger partial charge in [-0.25, -0.2) is 4.98 Å². The van der Waals surface area contributed by atoms with E-state index in [1.54, 1.807) is 34.7 Å². The Bertz CT molecular complexity index is 1560. The average Bonchev–Trinajstić information content (AvgIpc) is 3.29. The molecule has 1 N–H and O–H groups in total. The summed E-state index contributed by atoms with van der Waals surface area (Å²) in [6.45, 7) is 0. The number of hydrogen-bond donors (Lipinski definition) is 1. The number of rotatable bonds is 10. The molecule has 196 valence electrons. The van der Waals surface area contributed by atoms with Gasteiger partial charge in [-0.1, -0.05) is 11.3 Å². The largest absolute Gasteiger partial charge is 0.494 e. The van der Waals surface area contributed by atoms with Crippen LogP contribution in [0.1, 0.15) is 29.5 Å². The topological polar surface area (TPSA) is 106 Å². The maximum absolute atomic E-state index is 5.75. The summed E-state index contributed by atoms with van der Waals surface area (Å²) in [7, 11) is 6.45. The third kappa shape index (κ3) is 4.38. The SMILES string of the molecule is COc1cc2c(cc1Nc1nnc(Cc3cc(OC)c(OC)c(OC)c3)s1)nc(-c1ccco1)n2C1CC1. The van der Waals surface area contributed by atoms with Crippen molar-refractivity contribution < 1.29 is 23.4 Å². The van der Waals surface area contributed by atoms with Crippen molar-refractivity contribution >= 4 is 33.2 Å². The maximum atomic E-state index is 5.75. The third-order valence-corrected chi connectivity index (χ3v) is 7.29. The minimum Gasteiger partial charge on any atom is -0.494 e. The molecular weight excluding hydrogens is 506 g/mol. The van der Waals surface area contributed by atoms with Crippen LogP contribution < -0.4 is 24.3 Å². The number of ether oxygens (including phenoxy) is 4.